The molecule has 0 spiro atoms. The summed E-state index contributed by atoms with van der Waals surface area (Å²) in [4.78, 5) is 24.9. The molecule has 1 rings (SSSR count). The van der Waals surface area contributed by atoms with Crippen molar-refractivity contribution in [1.82, 2.24) is 10.2 Å². The summed E-state index contributed by atoms with van der Waals surface area (Å²) in [7, 11) is 3.12. The number of hydrogen-bond donors (Lipinski definition) is 1. The first-order valence-corrected chi connectivity index (χ1v) is 7.09. The molecule has 0 aromatic carbocycles. The largest absolute Gasteiger partial charge is 0.469 e. The fourth-order valence-corrected chi connectivity index (χ4v) is 2.45. The lowest BCUT2D eigenvalue weighted by atomic mass is 10.0. The lowest BCUT2D eigenvalue weighted by molar-refractivity contribution is -0.146. The lowest BCUT2D eigenvalue weighted by Crippen LogP contribution is -2.37. The highest BCUT2D eigenvalue weighted by Crippen LogP contribution is 2.12. The monoisotopic (exact) mass is 270 g/mol. The van der Waals surface area contributed by atoms with Crippen LogP contribution in [-0.2, 0) is 14.3 Å². The summed E-state index contributed by atoms with van der Waals surface area (Å²) in [5.74, 6) is -0.441. The molecule has 2 unspecified atom stereocenters. The number of carbonyl (C=O) groups is 2. The third kappa shape index (κ3) is 5.59. The number of rotatable bonds is 6. The summed E-state index contributed by atoms with van der Waals surface area (Å²) in [6, 6.07) is 0.476. The Hall–Kier alpha value is -1.10. The van der Waals surface area contributed by atoms with E-state index in [4.69, 9.17) is 0 Å². The van der Waals surface area contributed by atoms with E-state index in [1.54, 1.807) is 18.9 Å². The number of piperidine rings is 1. The minimum absolute atomic E-state index is 0.100. The van der Waals surface area contributed by atoms with Gasteiger partial charge in [0, 0.05) is 26.1 Å². The van der Waals surface area contributed by atoms with Crippen molar-refractivity contribution in [2.45, 2.75) is 45.1 Å². The van der Waals surface area contributed by atoms with Crippen LogP contribution in [0, 0.1) is 5.92 Å². The number of ether oxygens (including phenoxy) is 1. The maximum Gasteiger partial charge on any atom is 0.310 e. The molecular weight excluding hydrogens is 244 g/mol. The van der Waals surface area contributed by atoms with E-state index in [2.05, 4.69) is 10.1 Å². The molecule has 1 fully saturated rings. The van der Waals surface area contributed by atoms with Crippen molar-refractivity contribution >= 4 is 11.9 Å². The van der Waals surface area contributed by atoms with Gasteiger partial charge in [0.05, 0.1) is 13.0 Å². The summed E-state index contributed by atoms with van der Waals surface area (Å²) in [5.41, 5.74) is 0. The highest BCUT2D eigenvalue weighted by molar-refractivity contribution is 5.77. The van der Waals surface area contributed by atoms with Crippen LogP contribution < -0.4 is 5.32 Å². The third-order valence-electron chi connectivity index (χ3n) is 3.70. The molecule has 19 heavy (non-hydrogen) atoms. The summed E-state index contributed by atoms with van der Waals surface area (Å²) < 4.78 is 4.66. The average molecular weight is 270 g/mol. The van der Waals surface area contributed by atoms with Gasteiger partial charge >= 0.3 is 5.97 Å². The van der Waals surface area contributed by atoms with Crippen LogP contribution in [-0.4, -0.2) is 50.1 Å². The van der Waals surface area contributed by atoms with Gasteiger partial charge in [0.25, 0.3) is 0 Å². The zero-order valence-electron chi connectivity index (χ0n) is 12.3. The van der Waals surface area contributed by atoms with E-state index >= 15 is 0 Å². The van der Waals surface area contributed by atoms with Gasteiger partial charge in [-0.05, 0) is 25.8 Å². The van der Waals surface area contributed by atoms with Gasteiger partial charge in [0.1, 0.15) is 0 Å². The van der Waals surface area contributed by atoms with Crippen molar-refractivity contribution in [3.63, 3.8) is 0 Å². The highest BCUT2D eigenvalue weighted by Gasteiger charge is 2.20. The quantitative estimate of drug-likeness (QED) is 0.736. The molecule has 0 aromatic rings. The second-order valence-electron chi connectivity index (χ2n) is 5.38. The Balaban J connectivity index is 2.25. The summed E-state index contributed by atoms with van der Waals surface area (Å²) in [6.07, 6.45) is 5.08. The first-order chi connectivity index (χ1) is 9.04. The van der Waals surface area contributed by atoms with Gasteiger partial charge in [-0.15, -0.1) is 0 Å². The van der Waals surface area contributed by atoms with E-state index < -0.39 is 0 Å². The third-order valence-corrected chi connectivity index (χ3v) is 3.70. The van der Waals surface area contributed by atoms with Gasteiger partial charge < -0.3 is 15.0 Å². The molecule has 0 saturated carbocycles. The van der Waals surface area contributed by atoms with Gasteiger partial charge in [0.15, 0.2) is 0 Å². The number of hydrogen-bond acceptors (Lipinski definition) is 4. The van der Waals surface area contributed by atoms with Crippen LogP contribution in [0.25, 0.3) is 0 Å². The van der Waals surface area contributed by atoms with Crippen molar-refractivity contribution < 1.29 is 14.3 Å². The second-order valence-corrected chi connectivity index (χ2v) is 5.38. The Morgan fingerprint density at radius 2 is 2.16 bits per heavy atom. The molecule has 5 nitrogen and oxygen atoms in total. The fraction of sp³-hybridized carbons (Fsp3) is 0.857. The molecule has 1 aliphatic heterocycles. The molecule has 110 valence electrons. The van der Waals surface area contributed by atoms with E-state index in [0.717, 1.165) is 19.4 Å². The zero-order valence-corrected chi connectivity index (χ0v) is 12.3. The molecule has 1 aliphatic rings. The maximum absolute atomic E-state index is 12.0. The first-order valence-electron chi connectivity index (χ1n) is 7.09. The van der Waals surface area contributed by atoms with Crippen LogP contribution in [0.2, 0.25) is 0 Å². The molecular formula is C14H26N2O3. The van der Waals surface area contributed by atoms with Crippen molar-refractivity contribution in [3.8, 4) is 0 Å². The normalized spacial score (nSPS) is 20.7. The van der Waals surface area contributed by atoms with Gasteiger partial charge in [-0.25, -0.2) is 0 Å². The number of methoxy groups -OCH3 is 1. The molecule has 0 bridgehead atoms. The van der Waals surface area contributed by atoms with Crippen LogP contribution in [0.15, 0.2) is 0 Å². The molecule has 0 aromatic heterocycles. The maximum atomic E-state index is 12.0. The van der Waals surface area contributed by atoms with Crippen LogP contribution in [0.1, 0.15) is 39.0 Å². The van der Waals surface area contributed by atoms with Gasteiger partial charge in [-0.2, -0.15) is 0 Å². The SMILES string of the molecule is COC(=O)C(C)CN(C)C(=O)CCC1CCCCN1. The van der Waals surface area contributed by atoms with E-state index in [1.165, 1.54) is 20.0 Å². The van der Waals surface area contributed by atoms with Crippen LogP contribution in [0.4, 0.5) is 0 Å². The Kier molecular flexibility index (Phi) is 6.84. The van der Waals surface area contributed by atoms with Gasteiger partial charge in [0.2, 0.25) is 5.91 Å². The minimum atomic E-state index is -0.272. The van der Waals surface area contributed by atoms with Crippen LogP contribution >= 0.6 is 0 Å². The van der Waals surface area contributed by atoms with Crippen molar-refractivity contribution in [2.24, 2.45) is 5.92 Å². The molecule has 2 atom stereocenters. The topological polar surface area (TPSA) is 58.6 Å². The van der Waals surface area contributed by atoms with Crippen LogP contribution in [0.3, 0.4) is 0 Å². The van der Waals surface area contributed by atoms with Crippen molar-refractivity contribution in [2.75, 3.05) is 27.2 Å². The number of nitrogens with zero attached hydrogens (tertiary/aromatic N) is 1. The summed E-state index contributed by atoms with van der Waals surface area (Å²) in [6.45, 7) is 3.26. The van der Waals surface area contributed by atoms with Crippen molar-refractivity contribution in [1.29, 1.82) is 0 Å². The summed E-state index contributed by atoms with van der Waals surface area (Å²) >= 11 is 0. The van der Waals surface area contributed by atoms with Crippen LogP contribution in [0.5, 0.6) is 0 Å². The molecule has 0 aliphatic carbocycles. The van der Waals surface area contributed by atoms with E-state index in [1.807, 2.05) is 0 Å². The lowest BCUT2D eigenvalue weighted by Gasteiger charge is -2.25. The second kappa shape index (κ2) is 8.15. The van der Waals surface area contributed by atoms with E-state index in [-0.39, 0.29) is 17.8 Å². The Labute approximate surface area is 115 Å². The van der Waals surface area contributed by atoms with E-state index in [9.17, 15) is 9.59 Å². The molecule has 1 heterocycles. The number of amides is 1. The van der Waals surface area contributed by atoms with Gasteiger partial charge in [-0.1, -0.05) is 13.3 Å². The van der Waals surface area contributed by atoms with Crippen molar-refractivity contribution in [3.05, 3.63) is 0 Å². The first kappa shape index (κ1) is 16.0. The van der Waals surface area contributed by atoms with Gasteiger partial charge in [-0.3, -0.25) is 9.59 Å². The molecule has 5 heteroatoms. The highest BCUT2D eigenvalue weighted by atomic mass is 16.5. The Morgan fingerprint density at radius 1 is 1.42 bits per heavy atom. The summed E-state index contributed by atoms with van der Waals surface area (Å²) in [5, 5.41) is 3.44. The zero-order chi connectivity index (χ0) is 14.3. The fourth-order valence-electron chi connectivity index (χ4n) is 2.45. The standard InChI is InChI=1S/C14H26N2O3/c1-11(14(18)19-3)10-16(2)13(17)8-7-12-6-4-5-9-15-12/h11-12,15H,4-10H2,1-3H3. The predicted molar refractivity (Wildman–Crippen MR) is 73.7 cm³/mol. The van der Waals surface area contributed by atoms with E-state index in [0.29, 0.717) is 19.0 Å². The average Bonchev–Trinajstić information content (AvgIpc) is 2.44. The minimum Gasteiger partial charge on any atom is -0.469 e. The molecule has 1 N–H and O–H groups in total. The Bertz CT molecular complexity index is 301. The molecule has 1 saturated heterocycles. The smallest absolute Gasteiger partial charge is 0.310 e. The number of carbonyl (C=O) groups excluding carboxylic acids is 2. The molecule has 0 radical (unpaired) electrons. The Morgan fingerprint density at radius 3 is 2.74 bits per heavy atom. The number of nitrogens with one attached hydrogen (secondary N) is 1. The predicted octanol–water partition coefficient (Wildman–Crippen LogP) is 1.18. The number of esters is 1. The molecule has 1 amide bonds.